The molecule has 2 aromatic rings. The fourth-order valence-corrected chi connectivity index (χ4v) is 2.92. The molecule has 0 bridgehead atoms. The average Bonchev–Trinajstić information content (AvgIpc) is 2.74. The van der Waals surface area contributed by atoms with Crippen molar-refractivity contribution in [2.24, 2.45) is 7.05 Å². The van der Waals surface area contributed by atoms with E-state index in [2.05, 4.69) is 20.9 Å². The van der Waals surface area contributed by atoms with E-state index in [9.17, 15) is 0 Å². The second-order valence-corrected chi connectivity index (χ2v) is 5.36. The topological polar surface area (TPSA) is 27.1 Å². The summed E-state index contributed by atoms with van der Waals surface area (Å²) in [5, 5.41) is 1.01. The SMILES string of the molecule is COc1ccc(Br)c(CSc2nccn2C)c1. The molecule has 0 saturated carbocycles. The minimum absolute atomic E-state index is 0.864. The number of hydrogen-bond donors (Lipinski definition) is 0. The summed E-state index contributed by atoms with van der Waals surface area (Å²) in [6, 6.07) is 5.99. The maximum atomic E-state index is 5.22. The summed E-state index contributed by atoms with van der Waals surface area (Å²) in [6.07, 6.45) is 3.76. The Balaban J connectivity index is 2.11. The molecule has 1 aromatic carbocycles. The third-order valence-electron chi connectivity index (χ3n) is 2.39. The highest BCUT2D eigenvalue weighted by Gasteiger charge is 2.05. The lowest BCUT2D eigenvalue weighted by molar-refractivity contribution is 0.414. The van der Waals surface area contributed by atoms with Crippen molar-refractivity contribution in [2.75, 3.05) is 7.11 Å². The average molecular weight is 313 g/mol. The molecular formula is C12H13BrN2OS. The predicted octanol–water partition coefficient (Wildman–Crippen LogP) is 3.48. The van der Waals surface area contributed by atoms with Crippen molar-refractivity contribution in [3.8, 4) is 5.75 Å². The van der Waals surface area contributed by atoms with Crippen LogP contribution in [0.4, 0.5) is 0 Å². The van der Waals surface area contributed by atoms with Gasteiger partial charge in [-0.25, -0.2) is 4.98 Å². The van der Waals surface area contributed by atoms with Crippen LogP contribution in [0.5, 0.6) is 5.75 Å². The highest BCUT2D eigenvalue weighted by molar-refractivity contribution is 9.10. The van der Waals surface area contributed by atoms with Gasteiger partial charge in [0.2, 0.25) is 0 Å². The molecule has 1 heterocycles. The Bertz CT molecular complexity index is 513. The summed E-state index contributed by atoms with van der Waals surface area (Å²) in [7, 11) is 3.68. The van der Waals surface area contributed by atoms with Crippen LogP contribution in [0.1, 0.15) is 5.56 Å². The van der Waals surface area contributed by atoms with Crippen molar-refractivity contribution in [1.82, 2.24) is 9.55 Å². The van der Waals surface area contributed by atoms with Gasteiger partial charge in [-0.3, -0.25) is 0 Å². The van der Waals surface area contributed by atoms with E-state index in [1.165, 1.54) is 5.56 Å². The molecule has 0 aliphatic carbocycles. The number of ether oxygens (including phenoxy) is 1. The largest absolute Gasteiger partial charge is 0.497 e. The van der Waals surface area contributed by atoms with Gasteiger partial charge in [0, 0.05) is 29.7 Å². The Kier molecular flexibility index (Phi) is 4.12. The molecule has 5 heteroatoms. The molecule has 0 saturated heterocycles. The number of hydrogen-bond acceptors (Lipinski definition) is 3. The summed E-state index contributed by atoms with van der Waals surface area (Å²) >= 11 is 5.25. The number of methoxy groups -OCH3 is 1. The van der Waals surface area contributed by atoms with Crippen LogP contribution in [0.2, 0.25) is 0 Å². The van der Waals surface area contributed by atoms with E-state index in [0.717, 1.165) is 21.1 Å². The first-order valence-electron chi connectivity index (χ1n) is 5.13. The first-order chi connectivity index (χ1) is 8.20. The third kappa shape index (κ3) is 3.04. The van der Waals surface area contributed by atoms with Gasteiger partial charge >= 0.3 is 0 Å². The zero-order chi connectivity index (χ0) is 12.3. The molecule has 0 aliphatic rings. The molecule has 17 heavy (non-hydrogen) atoms. The van der Waals surface area contributed by atoms with E-state index in [-0.39, 0.29) is 0 Å². The Labute approximate surface area is 113 Å². The molecule has 1 aromatic heterocycles. The number of benzene rings is 1. The lowest BCUT2D eigenvalue weighted by Gasteiger charge is -2.07. The molecule has 3 nitrogen and oxygen atoms in total. The van der Waals surface area contributed by atoms with Gasteiger partial charge < -0.3 is 9.30 Å². The lowest BCUT2D eigenvalue weighted by Crippen LogP contribution is -1.91. The lowest BCUT2D eigenvalue weighted by atomic mass is 10.2. The van der Waals surface area contributed by atoms with Crippen LogP contribution in [0.3, 0.4) is 0 Å². The van der Waals surface area contributed by atoms with Crippen molar-refractivity contribution in [2.45, 2.75) is 10.9 Å². The molecule has 0 atom stereocenters. The summed E-state index contributed by atoms with van der Waals surface area (Å²) in [4.78, 5) is 4.28. The molecule has 0 fully saturated rings. The maximum Gasteiger partial charge on any atom is 0.167 e. The zero-order valence-corrected chi connectivity index (χ0v) is 12.1. The van der Waals surface area contributed by atoms with Crippen molar-refractivity contribution < 1.29 is 4.74 Å². The molecule has 0 N–H and O–H groups in total. The quantitative estimate of drug-likeness (QED) is 0.809. The van der Waals surface area contributed by atoms with Crippen LogP contribution in [0.15, 0.2) is 40.2 Å². The monoisotopic (exact) mass is 312 g/mol. The Hall–Kier alpha value is -0.940. The summed E-state index contributed by atoms with van der Waals surface area (Å²) in [6.45, 7) is 0. The third-order valence-corrected chi connectivity index (χ3v) is 4.27. The van der Waals surface area contributed by atoms with Gasteiger partial charge in [0.05, 0.1) is 7.11 Å². The van der Waals surface area contributed by atoms with Crippen LogP contribution >= 0.6 is 27.7 Å². The van der Waals surface area contributed by atoms with Gasteiger partial charge in [-0.1, -0.05) is 27.7 Å². The van der Waals surface area contributed by atoms with E-state index >= 15 is 0 Å². The fourth-order valence-electron chi connectivity index (χ4n) is 1.42. The molecule has 2 rings (SSSR count). The number of halogens is 1. The van der Waals surface area contributed by atoms with E-state index in [1.54, 1.807) is 18.9 Å². The Morgan fingerprint density at radius 1 is 1.47 bits per heavy atom. The van der Waals surface area contributed by atoms with Gasteiger partial charge in [0.15, 0.2) is 5.16 Å². The Morgan fingerprint density at radius 3 is 2.94 bits per heavy atom. The molecular weight excluding hydrogens is 300 g/mol. The highest BCUT2D eigenvalue weighted by atomic mass is 79.9. The van der Waals surface area contributed by atoms with E-state index in [0.29, 0.717) is 0 Å². The number of aryl methyl sites for hydroxylation is 1. The zero-order valence-electron chi connectivity index (χ0n) is 9.68. The van der Waals surface area contributed by atoms with Gasteiger partial charge in [0.25, 0.3) is 0 Å². The van der Waals surface area contributed by atoms with Gasteiger partial charge in [0.1, 0.15) is 5.75 Å². The number of thioether (sulfide) groups is 1. The Morgan fingerprint density at radius 2 is 2.29 bits per heavy atom. The van der Waals surface area contributed by atoms with Gasteiger partial charge in [-0.2, -0.15) is 0 Å². The van der Waals surface area contributed by atoms with Crippen molar-refractivity contribution >= 4 is 27.7 Å². The van der Waals surface area contributed by atoms with Crippen molar-refractivity contribution in [1.29, 1.82) is 0 Å². The van der Waals surface area contributed by atoms with Crippen molar-refractivity contribution in [3.05, 3.63) is 40.6 Å². The standard InChI is InChI=1S/C12H13BrN2OS/c1-15-6-5-14-12(15)17-8-9-7-10(16-2)3-4-11(9)13/h3-7H,8H2,1-2H3. The number of rotatable bonds is 4. The van der Waals surface area contributed by atoms with E-state index in [1.807, 2.05) is 42.2 Å². The smallest absolute Gasteiger partial charge is 0.167 e. The molecule has 90 valence electrons. The maximum absolute atomic E-state index is 5.22. The molecule has 0 spiro atoms. The minimum atomic E-state index is 0.864. The normalized spacial score (nSPS) is 10.5. The summed E-state index contributed by atoms with van der Waals surface area (Å²) in [5.41, 5.74) is 1.21. The predicted molar refractivity (Wildman–Crippen MR) is 73.5 cm³/mol. The first kappa shape index (κ1) is 12.5. The molecule has 0 unspecified atom stereocenters. The second kappa shape index (κ2) is 5.60. The van der Waals surface area contributed by atoms with Gasteiger partial charge in [-0.15, -0.1) is 0 Å². The number of nitrogens with zero attached hydrogens (tertiary/aromatic N) is 2. The van der Waals surface area contributed by atoms with Crippen LogP contribution in [-0.2, 0) is 12.8 Å². The first-order valence-corrected chi connectivity index (χ1v) is 6.91. The minimum Gasteiger partial charge on any atom is -0.497 e. The van der Waals surface area contributed by atoms with Crippen LogP contribution in [0.25, 0.3) is 0 Å². The fraction of sp³-hybridized carbons (Fsp3) is 0.250. The summed E-state index contributed by atoms with van der Waals surface area (Å²) in [5.74, 6) is 1.74. The van der Waals surface area contributed by atoms with Gasteiger partial charge in [-0.05, 0) is 23.8 Å². The molecule has 0 amide bonds. The molecule has 0 radical (unpaired) electrons. The summed E-state index contributed by atoms with van der Waals surface area (Å²) < 4.78 is 8.33. The van der Waals surface area contributed by atoms with E-state index < -0.39 is 0 Å². The number of imidazole rings is 1. The van der Waals surface area contributed by atoms with Crippen LogP contribution < -0.4 is 4.74 Å². The van der Waals surface area contributed by atoms with Crippen molar-refractivity contribution in [3.63, 3.8) is 0 Å². The van der Waals surface area contributed by atoms with Crippen LogP contribution in [0, 0.1) is 0 Å². The molecule has 0 aliphatic heterocycles. The van der Waals surface area contributed by atoms with Crippen LogP contribution in [-0.4, -0.2) is 16.7 Å². The number of aromatic nitrogens is 2. The second-order valence-electron chi connectivity index (χ2n) is 3.57. The highest BCUT2D eigenvalue weighted by Crippen LogP contribution is 2.28. The van der Waals surface area contributed by atoms with E-state index in [4.69, 9.17) is 4.74 Å².